The maximum atomic E-state index is 10.8. The van der Waals surface area contributed by atoms with E-state index in [1.54, 1.807) is 0 Å². The molecule has 0 fully saturated rings. The molecule has 0 spiro atoms. The molecule has 5 nitrogen and oxygen atoms in total. The molecule has 7 heteroatoms. The highest BCUT2D eigenvalue weighted by Crippen LogP contribution is 2.05. The van der Waals surface area contributed by atoms with E-state index in [-0.39, 0.29) is 5.01 Å². The summed E-state index contributed by atoms with van der Waals surface area (Å²) in [5.41, 5.74) is 3.22. The smallest absolute Gasteiger partial charge is 0.288 e. The first-order chi connectivity index (χ1) is 5.77. The third kappa shape index (κ3) is 2.00. The van der Waals surface area contributed by atoms with Crippen LogP contribution in [0.25, 0.3) is 6.08 Å². The summed E-state index contributed by atoms with van der Waals surface area (Å²) in [6.45, 7) is 0. The molecule has 3 N–H and O–H groups in total. The van der Waals surface area contributed by atoms with Crippen molar-refractivity contribution in [3.05, 3.63) is 16.4 Å². The molecule has 64 valence electrons. The lowest BCUT2D eigenvalue weighted by atomic mass is 10.6. The summed E-state index contributed by atoms with van der Waals surface area (Å²) in [5.74, 6) is 4.82. The second-order valence-corrected chi connectivity index (χ2v) is 2.73. The SMILES string of the molecule is NNC(=O)c1nc(/C=C/Cl)ns1. The average molecular weight is 205 g/mol. The molecule has 0 aliphatic rings. The van der Waals surface area contributed by atoms with Gasteiger partial charge in [0.25, 0.3) is 5.91 Å². The van der Waals surface area contributed by atoms with E-state index in [2.05, 4.69) is 9.36 Å². The van der Waals surface area contributed by atoms with Gasteiger partial charge in [-0.25, -0.2) is 10.8 Å². The summed E-state index contributed by atoms with van der Waals surface area (Å²) in [6.07, 6.45) is 1.48. The monoisotopic (exact) mass is 204 g/mol. The molecule has 1 amide bonds. The van der Waals surface area contributed by atoms with Crippen molar-refractivity contribution in [1.82, 2.24) is 14.8 Å². The van der Waals surface area contributed by atoms with Gasteiger partial charge >= 0.3 is 0 Å². The normalized spacial score (nSPS) is 10.5. The van der Waals surface area contributed by atoms with Gasteiger partial charge in [0.2, 0.25) is 5.01 Å². The Hall–Kier alpha value is -0.980. The summed E-state index contributed by atoms with van der Waals surface area (Å²) in [4.78, 5) is 14.7. The van der Waals surface area contributed by atoms with Crippen LogP contribution in [0.3, 0.4) is 0 Å². The predicted octanol–water partition coefficient (Wildman–Crippen LogP) is 0.351. The van der Waals surface area contributed by atoms with Crippen molar-refractivity contribution in [2.24, 2.45) is 5.84 Å². The summed E-state index contributed by atoms with van der Waals surface area (Å²) in [6, 6.07) is 0. The van der Waals surface area contributed by atoms with Gasteiger partial charge in [-0.2, -0.15) is 4.37 Å². The number of nitrogens with zero attached hydrogens (tertiary/aromatic N) is 2. The minimum atomic E-state index is -0.457. The molecule has 0 saturated carbocycles. The molecule has 0 saturated heterocycles. The van der Waals surface area contributed by atoms with E-state index in [1.165, 1.54) is 11.6 Å². The van der Waals surface area contributed by atoms with Gasteiger partial charge in [0.05, 0.1) is 0 Å². The number of hydrogen-bond donors (Lipinski definition) is 2. The minimum Gasteiger partial charge on any atom is -0.288 e. The molecule has 1 heterocycles. The van der Waals surface area contributed by atoms with Gasteiger partial charge in [0, 0.05) is 5.54 Å². The predicted molar refractivity (Wildman–Crippen MR) is 46.4 cm³/mol. The van der Waals surface area contributed by atoms with Crippen LogP contribution in [0.15, 0.2) is 5.54 Å². The third-order valence-corrected chi connectivity index (χ3v) is 1.83. The van der Waals surface area contributed by atoms with E-state index in [1.807, 2.05) is 5.43 Å². The Bertz CT molecular complexity index is 310. The summed E-state index contributed by atoms with van der Waals surface area (Å²) >= 11 is 6.24. The molecule has 0 aromatic carbocycles. The second kappa shape index (κ2) is 4.15. The standard InChI is InChI=1S/C5H5ClN4OS/c6-2-1-3-8-5(12-10-3)4(11)9-7/h1-2H,7H2,(H,9,11)/b2-1+. The topological polar surface area (TPSA) is 80.9 Å². The number of rotatable bonds is 2. The number of aromatic nitrogens is 2. The maximum Gasteiger partial charge on any atom is 0.295 e. The van der Waals surface area contributed by atoms with Gasteiger partial charge in [-0.3, -0.25) is 10.2 Å². The molecule has 0 bridgehead atoms. The fraction of sp³-hybridized carbons (Fsp3) is 0. The van der Waals surface area contributed by atoms with Crippen molar-refractivity contribution in [2.75, 3.05) is 0 Å². The lowest BCUT2D eigenvalue weighted by Gasteiger charge is -1.88. The highest BCUT2D eigenvalue weighted by molar-refractivity contribution is 7.07. The fourth-order valence-corrected chi connectivity index (χ4v) is 1.18. The Morgan fingerprint density at radius 3 is 3.08 bits per heavy atom. The number of halogens is 1. The number of nitrogens with one attached hydrogen (secondary N) is 1. The van der Waals surface area contributed by atoms with Crippen LogP contribution in [0.1, 0.15) is 15.6 Å². The van der Waals surface area contributed by atoms with Gasteiger partial charge < -0.3 is 0 Å². The Balaban J connectivity index is 2.84. The second-order valence-electron chi connectivity index (χ2n) is 1.72. The van der Waals surface area contributed by atoms with Gasteiger partial charge in [0.15, 0.2) is 5.82 Å². The summed E-state index contributed by atoms with van der Waals surface area (Å²) in [5, 5.41) is 0.210. The average Bonchev–Trinajstić information content (AvgIpc) is 2.52. The van der Waals surface area contributed by atoms with Gasteiger partial charge in [0.1, 0.15) is 0 Å². The number of hydrogen-bond acceptors (Lipinski definition) is 5. The molecule has 1 aromatic rings. The fourth-order valence-electron chi connectivity index (χ4n) is 0.513. The van der Waals surface area contributed by atoms with Crippen LogP contribution in [0.4, 0.5) is 0 Å². The number of hydrazine groups is 1. The van der Waals surface area contributed by atoms with Crippen LogP contribution in [-0.4, -0.2) is 15.3 Å². The lowest BCUT2D eigenvalue weighted by Crippen LogP contribution is -2.29. The highest BCUT2D eigenvalue weighted by Gasteiger charge is 2.08. The number of carbonyl (C=O) groups excluding carboxylic acids is 1. The molecule has 0 radical (unpaired) electrons. The highest BCUT2D eigenvalue weighted by atomic mass is 35.5. The van der Waals surface area contributed by atoms with Crippen LogP contribution >= 0.6 is 23.1 Å². The molecule has 0 aliphatic carbocycles. The Morgan fingerprint density at radius 1 is 1.75 bits per heavy atom. The zero-order valence-electron chi connectivity index (χ0n) is 5.82. The zero-order valence-corrected chi connectivity index (χ0v) is 7.39. The molecule has 0 unspecified atom stereocenters. The van der Waals surface area contributed by atoms with Crippen molar-refractivity contribution in [3.8, 4) is 0 Å². The summed E-state index contributed by atoms with van der Waals surface area (Å²) < 4.78 is 3.82. The van der Waals surface area contributed by atoms with Crippen LogP contribution < -0.4 is 11.3 Å². The number of nitrogen functional groups attached to an aromatic ring is 1. The van der Waals surface area contributed by atoms with Crippen LogP contribution in [-0.2, 0) is 0 Å². The molecular formula is C5H5ClN4OS. The van der Waals surface area contributed by atoms with E-state index in [4.69, 9.17) is 17.4 Å². The van der Waals surface area contributed by atoms with E-state index >= 15 is 0 Å². The largest absolute Gasteiger partial charge is 0.295 e. The van der Waals surface area contributed by atoms with E-state index in [9.17, 15) is 4.79 Å². The molecule has 1 aromatic heterocycles. The first-order valence-electron chi connectivity index (χ1n) is 2.89. The van der Waals surface area contributed by atoms with E-state index < -0.39 is 5.91 Å². The van der Waals surface area contributed by atoms with E-state index in [0.717, 1.165) is 11.5 Å². The molecule has 0 atom stereocenters. The zero-order chi connectivity index (χ0) is 8.97. The first-order valence-corrected chi connectivity index (χ1v) is 4.10. The van der Waals surface area contributed by atoms with E-state index in [0.29, 0.717) is 5.82 Å². The van der Waals surface area contributed by atoms with Gasteiger partial charge in [-0.1, -0.05) is 11.6 Å². The number of amides is 1. The van der Waals surface area contributed by atoms with Crippen molar-refractivity contribution >= 4 is 35.1 Å². The van der Waals surface area contributed by atoms with Crippen LogP contribution in [0, 0.1) is 0 Å². The molecule has 1 rings (SSSR count). The number of carbonyl (C=O) groups is 1. The van der Waals surface area contributed by atoms with Crippen molar-refractivity contribution in [2.45, 2.75) is 0 Å². The molecule has 0 aliphatic heterocycles. The van der Waals surface area contributed by atoms with Crippen molar-refractivity contribution in [1.29, 1.82) is 0 Å². The maximum absolute atomic E-state index is 10.8. The Kier molecular flexibility index (Phi) is 3.15. The van der Waals surface area contributed by atoms with Crippen LogP contribution in [0.5, 0.6) is 0 Å². The Morgan fingerprint density at radius 2 is 2.50 bits per heavy atom. The molecule has 12 heavy (non-hydrogen) atoms. The minimum absolute atomic E-state index is 0.210. The lowest BCUT2D eigenvalue weighted by molar-refractivity contribution is 0.0953. The first kappa shape index (κ1) is 9.11. The quantitative estimate of drug-likeness (QED) is 0.414. The van der Waals surface area contributed by atoms with Crippen molar-refractivity contribution < 1.29 is 4.79 Å². The number of nitrogens with two attached hydrogens (primary N) is 1. The van der Waals surface area contributed by atoms with Crippen LogP contribution in [0.2, 0.25) is 0 Å². The van der Waals surface area contributed by atoms with Gasteiger partial charge in [-0.05, 0) is 17.6 Å². The Labute approximate surface area is 77.4 Å². The van der Waals surface area contributed by atoms with Gasteiger partial charge in [-0.15, -0.1) is 0 Å². The third-order valence-electron chi connectivity index (χ3n) is 0.979. The molecular weight excluding hydrogens is 200 g/mol. The van der Waals surface area contributed by atoms with Crippen molar-refractivity contribution in [3.63, 3.8) is 0 Å². The summed E-state index contributed by atoms with van der Waals surface area (Å²) in [7, 11) is 0.